The van der Waals surface area contributed by atoms with Gasteiger partial charge in [0.25, 0.3) is 5.91 Å². The molecule has 0 aromatic carbocycles. The molecule has 0 atom stereocenters. The van der Waals surface area contributed by atoms with Gasteiger partial charge in [0.1, 0.15) is 5.82 Å². The molecule has 6 heteroatoms. The van der Waals surface area contributed by atoms with Gasteiger partial charge in [-0.15, -0.1) is 0 Å². The van der Waals surface area contributed by atoms with Crippen LogP contribution >= 0.6 is 0 Å². The van der Waals surface area contributed by atoms with Crippen LogP contribution in [0.4, 0.5) is 5.82 Å². The zero-order valence-corrected chi connectivity index (χ0v) is 12.2. The first-order valence-electron chi connectivity index (χ1n) is 6.80. The van der Waals surface area contributed by atoms with Crippen molar-refractivity contribution in [1.29, 1.82) is 0 Å². The van der Waals surface area contributed by atoms with Crippen molar-refractivity contribution in [1.82, 2.24) is 15.6 Å². The van der Waals surface area contributed by atoms with Gasteiger partial charge in [0.15, 0.2) is 0 Å². The highest BCUT2D eigenvalue weighted by Crippen LogP contribution is 2.06. The number of rotatable bonds is 7. The number of anilines is 1. The van der Waals surface area contributed by atoms with Gasteiger partial charge in [-0.05, 0) is 32.9 Å². The van der Waals surface area contributed by atoms with Crippen LogP contribution in [0.2, 0.25) is 0 Å². The molecule has 1 heterocycles. The van der Waals surface area contributed by atoms with Crippen molar-refractivity contribution in [3.8, 4) is 0 Å². The third-order valence-corrected chi connectivity index (χ3v) is 2.47. The Balaban J connectivity index is 2.43. The molecule has 0 radical (unpaired) electrons. The van der Waals surface area contributed by atoms with Crippen molar-refractivity contribution in [2.75, 3.05) is 18.4 Å². The fourth-order valence-electron chi connectivity index (χ4n) is 1.64. The van der Waals surface area contributed by atoms with E-state index in [1.165, 1.54) is 0 Å². The lowest BCUT2D eigenvalue weighted by atomic mass is 10.2. The summed E-state index contributed by atoms with van der Waals surface area (Å²) in [7, 11) is 0. The zero-order chi connectivity index (χ0) is 15.0. The summed E-state index contributed by atoms with van der Waals surface area (Å²) in [5.74, 6) is 0.393. The maximum atomic E-state index is 11.9. The predicted octanol–water partition coefficient (Wildman–Crippen LogP) is 1.16. The lowest BCUT2D eigenvalue weighted by Gasteiger charge is -2.09. The molecule has 20 heavy (non-hydrogen) atoms. The number of nitrogens with zero attached hydrogens (tertiary/aromatic N) is 1. The van der Waals surface area contributed by atoms with Crippen molar-refractivity contribution in [2.45, 2.75) is 33.2 Å². The minimum atomic E-state index is -0.205. The molecule has 0 fully saturated rings. The highest BCUT2D eigenvalue weighted by molar-refractivity contribution is 5.95. The van der Waals surface area contributed by atoms with E-state index >= 15 is 0 Å². The molecule has 2 amide bonds. The quantitative estimate of drug-likeness (QED) is 0.699. The second-order valence-corrected chi connectivity index (χ2v) is 4.69. The maximum absolute atomic E-state index is 11.9. The number of pyridine rings is 1. The number of hydrogen-bond donors (Lipinski definition) is 3. The number of aromatic nitrogens is 1. The Labute approximate surface area is 119 Å². The highest BCUT2D eigenvalue weighted by atomic mass is 16.2. The van der Waals surface area contributed by atoms with Crippen molar-refractivity contribution in [3.05, 3.63) is 23.9 Å². The SMILES string of the molecule is CCNc1cc(C(=O)NCCC(=O)NC(C)C)ccn1. The van der Waals surface area contributed by atoms with E-state index in [1.54, 1.807) is 18.3 Å². The van der Waals surface area contributed by atoms with E-state index in [-0.39, 0.29) is 24.3 Å². The molecule has 0 aliphatic carbocycles. The predicted molar refractivity (Wildman–Crippen MR) is 78.6 cm³/mol. The highest BCUT2D eigenvalue weighted by Gasteiger charge is 2.08. The maximum Gasteiger partial charge on any atom is 0.251 e. The van der Waals surface area contributed by atoms with E-state index in [1.807, 2.05) is 20.8 Å². The third-order valence-electron chi connectivity index (χ3n) is 2.47. The van der Waals surface area contributed by atoms with E-state index < -0.39 is 0 Å². The van der Waals surface area contributed by atoms with Gasteiger partial charge in [-0.3, -0.25) is 9.59 Å². The van der Waals surface area contributed by atoms with Gasteiger partial charge in [-0.25, -0.2) is 4.98 Å². The van der Waals surface area contributed by atoms with E-state index in [2.05, 4.69) is 20.9 Å². The minimum absolute atomic E-state index is 0.0663. The van der Waals surface area contributed by atoms with Crippen LogP contribution < -0.4 is 16.0 Å². The third kappa shape index (κ3) is 5.69. The monoisotopic (exact) mass is 278 g/mol. The number of carbonyl (C=O) groups excluding carboxylic acids is 2. The second kappa shape index (κ2) is 8.14. The Kier molecular flexibility index (Phi) is 6.49. The number of carbonyl (C=O) groups is 2. The normalized spacial score (nSPS) is 10.2. The first-order chi connectivity index (χ1) is 9.52. The first-order valence-corrected chi connectivity index (χ1v) is 6.80. The zero-order valence-electron chi connectivity index (χ0n) is 12.2. The van der Waals surface area contributed by atoms with Gasteiger partial charge in [0.05, 0.1) is 0 Å². The number of amides is 2. The molecule has 1 rings (SSSR count). The molecule has 0 aliphatic rings. The van der Waals surface area contributed by atoms with Crippen LogP contribution in [0.1, 0.15) is 37.6 Å². The molecular weight excluding hydrogens is 256 g/mol. The molecule has 110 valence electrons. The van der Waals surface area contributed by atoms with E-state index in [4.69, 9.17) is 0 Å². The van der Waals surface area contributed by atoms with Crippen LogP contribution in [0.25, 0.3) is 0 Å². The molecule has 1 aromatic heterocycles. The van der Waals surface area contributed by atoms with Crippen molar-refractivity contribution in [3.63, 3.8) is 0 Å². The smallest absolute Gasteiger partial charge is 0.251 e. The fraction of sp³-hybridized carbons (Fsp3) is 0.500. The average molecular weight is 278 g/mol. The number of nitrogens with one attached hydrogen (secondary N) is 3. The average Bonchev–Trinajstić information content (AvgIpc) is 2.38. The molecular formula is C14H22N4O2. The summed E-state index contributed by atoms with van der Waals surface area (Å²) in [5, 5.41) is 8.53. The van der Waals surface area contributed by atoms with Crippen LogP contribution in [0.5, 0.6) is 0 Å². The molecule has 0 unspecified atom stereocenters. The van der Waals surface area contributed by atoms with E-state index in [0.717, 1.165) is 6.54 Å². The van der Waals surface area contributed by atoms with Crippen LogP contribution in [-0.4, -0.2) is 35.9 Å². The van der Waals surface area contributed by atoms with E-state index in [9.17, 15) is 9.59 Å². The molecule has 0 bridgehead atoms. The second-order valence-electron chi connectivity index (χ2n) is 4.69. The number of hydrogen-bond acceptors (Lipinski definition) is 4. The summed E-state index contributed by atoms with van der Waals surface area (Å²) < 4.78 is 0. The molecule has 6 nitrogen and oxygen atoms in total. The summed E-state index contributed by atoms with van der Waals surface area (Å²) in [6.07, 6.45) is 1.85. The molecule has 0 aliphatic heterocycles. The standard InChI is InChI=1S/C14H22N4O2/c1-4-15-12-9-11(5-7-16-12)14(20)17-8-6-13(19)18-10(2)3/h5,7,9-10H,4,6,8H2,1-3H3,(H,15,16)(H,17,20)(H,18,19). The summed E-state index contributed by atoms with van der Waals surface area (Å²) >= 11 is 0. The Bertz CT molecular complexity index is 460. The Hall–Kier alpha value is -2.11. The van der Waals surface area contributed by atoms with Gasteiger partial charge in [0, 0.05) is 37.3 Å². The lowest BCUT2D eigenvalue weighted by Crippen LogP contribution is -2.34. The van der Waals surface area contributed by atoms with Crippen LogP contribution in [0.15, 0.2) is 18.3 Å². The summed E-state index contributed by atoms with van der Waals surface area (Å²) in [4.78, 5) is 27.4. The summed E-state index contributed by atoms with van der Waals surface area (Å²) in [5.41, 5.74) is 0.528. The van der Waals surface area contributed by atoms with E-state index in [0.29, 0.717) is 17.9 Å². The van der Waals surface area contributed by atoms with Gasteiger partial charge < -0.3 is 16.0 Å². The summed E-state index contributed by atoms with van der Waals surface area (Å²) in [6.45, 7) is 6.82. The molecule has 3 N–H and O–H groups in total. The molecule has 0 spiro atoms. The van der Waals surface area contributed by atoms with Crippen LogP contribution in [0, 0.1) is 0 Å². The van der Waals surface area contributed by atoms with Gasteiger partial charge in [0.2, 0.25) is 5.91 Å². The Morgan fingerprint density at radius 1 is 1.35 bits per heavy atom. The Morgan fingerprint density at radius 2 is 2.10 bits per heavy atom. The largest absolute Gasteiger partial charge is 0.370 e. The fourth-order valence-corrected chi connectivity index (χ4v) is 1.64. The van der Waals surface area contributed by atoms with Crippen LogP contribution in [0.3, 0.4) is 0 Å². The topological polar surface area (TPSA) is 83.1 Å². The van der Waals surface area contributed by atoms with Crippen molar-refractivity contribution in [2.24, 2.45) is 0 Å². The van der Waals surface area contributed by atoms with Gasteiger partial charge >= 0.3 is 0 Å². The first kappa shape index (κ1) is 15.9. The van der Waals surface area contributed by atoms with Crippen LogP contribution in [-0.2, 0) is 4.79 Å². The molecule has 0 saturated heterocycles. The lowest BCUT2D eigenvalue weighted by molar-refractivity contribution is -0.121. The Morgan fingerprint density at radius 3 is 2.75 bits per heavy atom. The van der Waals surface area contributed by atoms with Crippen molar-refractivity contribution < 1.29 is 9.59 Å². The molecule has 1 aromatic rings. The van der Waals surface area contributed by atoms with Gasteiger partial charge in [-0.2, -0.15) is 0 Å². The summed E-state index contributed by atoms with van der Waals surface area (Å²) in [6, 6.07) is 3.44. The van der Waals surface area contributed by atoms with Crippen molar-refractivity contribution >= 4 is 17.6 Å². The van der Waals surface area contributed by atoms with Gasteiger partial charge in [-0.1, -0.05) is 0 Å². The minimum Gasteiger partial charge on any atom is -0.370 e. The molecule has 0 saturated carbocycles.